The van der Waals surface area contributed by atoms with Crippen molar-refractivity contribution in [1.82, 2.24) is 10.2 Å². The van der Waals surface area contributed by atoms with Gasteiger partial charge in [0, 0.05) is 26.7 Å². The molecule has 1 aliphatic heterocycles. The van der Waals surface area contributed by atoms with Crippen LogP contribution in [0, 0.1) is 5.41 Å². The normalized spacial score (nSPS) is 20.9. The summed E-state index contributed by atoms with van der Waals surface area (Å²) in [6.07, 6.45) is 7.97. The minimum atomic E-state index is -3.67. The third kappa shape index (κ3) is 4.33. The molecule has 1 heterocycles. The number of guanidine groups is 1. The predicted octanol–water partition coefficient (Wildman–Crippen LogP) is 2.07. The molecule has 7 heteroatoms. The molecule has 1 aromatic carbocycles. The molecule has 1 saturated carbocycles. The molecule has 0 atom stereocenters. The van der Waals surface area contributed by atoms with Crippen LogP contribution in [0.3, 0.4) is 0 Å². The van der Waals surface area contributed by atoms with Gasteiger partial charge in [-0.25, -0.2) is 13.6 Å². The number of nitrogens with two attached hydrogens (primary N) is 1. The Bertz CT molecular complexity index is 739. The van der Waals surface area contributed by atoms with Crippen LogP contribution in [0.25, 0.3) is 0 Å². The van der Waals surface area contributed by atoms with Gasteiger partial charge >= 0.3 is 0 Å². The van der Waals surface area contributed by atoms with Crippen molar-refractivity contribution < 1.29 is 8.42 Å². The van der Waals surface area contributed by atoms with Gasteiger partial charge in [-0.2, -0.15) is 0 Å². The second-order valence-corrected chi connectivity index (χ2v) is 8.89. The fraction of sp³-hybridized carbons (Fsp3) is 0.611. The zero-order valence-electron chi connectivity index (χ0n) is 14.9. The van der Waals surface area contributed by atoms with Crippen molar-refractivity contribution in [3.63, 3.8) is 0 Å². The first kappa shape index (κ1) is 18.2. The van der Waals surface area contributed by atoms with Gasteiger partial charge in [0.15, 0.2) is 5.96 Å². The summed E-state index contributed by atoms with van der Waals surface area (Å²) in [5.41, 5.74) is 1.35. The number of primary sulfonamides is 1. The number of likely N-dealkylation sites (tertiary alicyclic amines) is 1. The van der Waals surface area contributed by atoms with Gasteiger partial charge < -0.3 is 10.2 Å². The molecule has 1 saturated heterocycles. The molecule has 2 fully saturated rings. The molecule has 0 amide bonds. The van der Waals surface area contributed by atoms with Crippen molar-refractivity contribution >= 4 is 16.0 Å². The Morgan fingerprint density at radius 2 is 2.04 bits per heavy atom. The van der Waals surface area contributed by atoms with Crippen LogP contribution >= 0.6 is 0 Å². The largest absolute Gasteiger partial charge is 0.352 e. The lowest BCUT2D eigenvalue weighted by molar-refractivity contribution is 0.203. The second kappa shape index (κ2) is 7.33. The molecule has 1 aromatic rings. The standard InChI is InChI=1S/C18H28N4O2S/c1-20-17(22-11-10-18(14-22)8-3-2-4-9-18)21-13-15-6-5-7-16(12-15)25(19,23)24/h5-7,12H,2-4,8-11,13-14H2,1H3,(H,20,21)(H2,19,23,24). The third-order valence-corrected chi connectivity index (χ3v) is 6.45. The molecule has 0 unspecified atom stereocenters. The molecular weight excluding hydrogens is 336 g/mol. The molecule has 25 heavy (non-hydrogen) atoms. The van der Waals surface area contributed by atoms with Crippen molar-refractivity contribution in [3.05, 3.63) is 29.8 Å². The average Bonchev–Trinajstić information content (AvgIpc) is 2.99. The molecule has 1 aliphatic carbocycles. The summed E-state index contributed by atoms with van der Waals surface area (Å²) in [6, 6.07) is 6.73. The SMILES string of the molecule is CN=C(NCc1cccc(S(N)(=O)=O)c1)N1CCC2(CCCCC2)C1. The molecule has 1 spiro atoms. The Morgan fingerprint density at radius 1 is 1.28 bits per heavy atom. The highest BCUT2D eigenvalue weighted by Gasteiger charge is 2.39. The van der Waals surface area contributed by atoms with Crippen LogP contribution in [0.15, 0.2) is 34.2 Å². The van der Waals surface area contributed by atoms with E-state index in [0.29, 0.717) is 12.0 Å². The maximum atomic E-state index is 11.5. The van der Waals surface area contributed by atoms with Crippen molar-refractivity contribution in [2.75, 3.05) is 20.1 Å². The molecule has 2 aliphatic rings. The van der Waals surface area contributed by atoms with Crippen LogP contribution in [0.4, 0.5) is 0 Å². The Labute approximate surface area is 150 Å². The lowest BCUT2D eigenvalue weighted by atomic mass is 9.73. The van der Waals surface area contributed by atoms with Crippen LogP contribution in [0.2, 0.25) is 0 Å². The smallest absolute Gasteiger partial charge is 0.238 e. The van der Waals surface area contributed by atoms with E-state index in [0.717, 1.165) is 24.6 Å². The van der Waals surface area contributed by atoms with E-state index < -0.39 is 10.0 Å². The summed E-state index contributed by atoms with van der Waals surface area (Å²) in [5.74, 6) is 0.892. The van der Waals surface area contributed by atoms with Crippen LogP contribution in [0.5, 0.6) is 0 Å². The minimum absolute atomic E-state index is 0.143. The highest BCUT2D eigenvalue weighted by molar-refractivity contribution is 7.89. The number of hydrogen-bond acceptors (Lipinski definition) is 3. The molecule has 3 rings (SSSR count). The first-order valence-corrected chi connectivity index (χ1v) is 10.5. The molecule has 0 radical (unpaired) electrons. The van der Waals surface area contributed by atoms with Crippen LogP contribution < -0.4 is 10.5 Å². The predicted molar refractivity (Wildman–Crippen MR) is 99.7 cm³/mol. The number of nitrogens with one attached hydrogen (secondary N) is 1. The van der Waals surface area contributed by atoms with E-state index in [9.17, 15) is 8.42 Å². The van der Waals surface area contributed by atoms with Gasteiger partial charge in [0.1, 0.15) is 0 Å². The lowest BCUT2D eigenvalue weighted by Crippen LogP contribution is -2.41. The van der Waals surface area contributed by atoms with Gasteiger partial charge in [0.25, 0.3) is 0 Å². The van der Waals surface area contributed by atoms with Crippen molar-refractivity contribution in [2.45, 2.75) is 50.0 Å². The average molecular weight is 365 g/mol. The summed E-state index contributed by atoms with van der Waals surface area (Å²) in [7, 11) is -1.87. The Kier molecular flexibility index (Phi) is 5.34. The number of aliphatic imine (C=N–C) groups is 1. The van der Waals surface area contributed by atoms with E-state index >= 15 is 0 Å². The number of sulfonamides is 1. The maximum Gasteiger partial charge on any atom is 0.238 e. The molecule has 6 nitrogen and oxygen atoms in total. The molecule has 3 N–H and O–H groups in total. The van der Waals surface area contributed by atoms with E-state index in [-0.39, 0.29) is 4.90 Å². The van der Waals surface area contributed by atoms with Crippen LogP contribution in [-0.2, 0) is 16.6 Å². The number of nitrogens with zero attached hydrogens (tertiary/aromatic N) is 2. The Hall–Kier alpha value is -1.60. The van der Waals surface area contributed by atoms with Crippen LogP contribution in [0.1, 0.15) is 44.1 Å². The van der Waals surface area contributed by atoms with Crippen LogP contribution in [-0.4, -0.2) is 39.4 Å². The number of rotatable bonds is 3. The number of benzene rings is 1. The van der Waals surface area contributed by atoms with E-state index in [1.54, 1.807) is 19.2 Å². The quantitative estimate of drug-likeness (QED) is 0.635. The molecule has 138 valence electrons. The first-order valence-electron chi connectivity index (χ1n) is 8.99. The van der Waals surface area contributed by atoms with E-state index in [2.05, 4.69) is 15.2 Å². The van der Waals surface area contributed by atoms with Gasteiger partial charge in [-0.1, -0.05) is 31.4 Å². The fourth-order valence-electron chi connectivity index (χ4n) is 4.17. The highest BCUT2D eigenvalue weighted by atomic mass is 32.2. The van der Waals surface area contributed by atoms with Gasteiger partial charge in [-0.3, -0.25) is 4.99 Å². The third-order valence-electron chi connectivity index (χ3n) is 5.54. The summed E-state index contributed by atoms with van der Waals surface area (Å²) in [6.45, 7) is 2.64. The van der Waals surface area contributed by atoms with E-state index in [1.807, 2.05) is 6.07 Å². The fourth-order valence-corrected chi connectivity index (χ4v) is 4.76. The van der Waals surface area contributed by atoms with Crippen molar-refractivity contribution in [3.8, 4) is 0 Å². The molecular formula is C18H28N4O2S. The van der Waals surface area contributed by atoms with Crippen molar-refractivity contribution in [2.24, 2.45) is 15.5 Å². The Balaban J connectivity index is 1.62. The monoisotopic (exact) mass is 364 g/mol. The van der Waals surface area contributed by atoms with E-state index in [4.69, 9.17) is 5.14 Å². The van der Waals surface area contributed by atoms with Crippen molar-refractivity contribution in [1.29, 1.82) is 0 Å². The van der Waals surface area contributed by atoms with Gasteiger partial charge in [-0.05, 0) is 42.4 Å². The van der Waals surface area contributed by atoms with Gasteiger partial charge in [-0.15, -0.1) is 0 Å². The lowest BCUT2D eigenvalue weighted by Gasteiger charge is -2.33. The zero-order valence-corrected chi connectivity index (χ0v) is 15.7. The molecule has 0 bridgehead atoms. The summed E-state index contributed by atoms with van der Waals surface area (Å²) in [5, 5.41) is 8.57. The maximum absolute atomic E-state index is 11.5. The summed E-state index contributed by atoms with van der Waals surface area (Å²) in [4.78, 5) is 6.91. The second-order valence-electron chi connectivity index (χ2n) is 7.33. The van der Waals surface area contributed by atoms with E-state index in [1.165, 1.54) is 44.6 Å². The first-order chi connectivity index (χ1) is 11.9. The van der Waals surface area contributed by atoms with Gasteiger partial charge in [0.05, 0.1) is 4.90 Å². The zero-order chi connectivity index (χ0) is 17.9. The highest BCUT2D eigenvalue weighted by Crippen LogP contribution is 2.43. The summed E-state index contributed by atoms with van der Waals surface area (Å²) >= 11 is 0. The van der Waals surface area contributed by atoms with Gasteiger partial charge in [0.2, 0.25) is 10.0 Å². The molecule has 0 aromatic heterocycles. The topological polar surface area (TPSA) is 87.8 Å². The summed E-state index contributed by atoms with van der Waals surface area (Å²) < 4.78 is 23.0. The Morgan fingerprint density at radius 3 is 2.72 bits per heavy atom. The number of hydrogen-bond donors (Lipinski definition) is 2. The minimum Gasteiger partial charge on any atom is -0.352 e.